The van der Waals surface area contributed by atoms with E-state index in [1.54, 1.807) is 4.57 Å². The standard InChI is InChI=1S/C23H26N6O2/c1-15-5-4-6-18(7-15)13-28-21-20(22-25-14-26-29(22)23(28)30)8-19(9-24-21)12-27-10-16(2)31-17(3)11-27/h4-9,14,16-17H,10-13H2,1-3H3. The molecule has 0 saturated carbocycles. The van der Waals surface area contributed by atoms with Crippen LogP contribution in [0.3, 0.4) is 0 Å². The summed E-state index contributed by atoms with van der Waals surface area (Å²) in [7, 11) is 0. The van der Waals surface area contributed by atoms with Gasteiger partial charge in [0.1, 0.15) is 12.0 Å². The number of morpholine rings is 1. The fourth-order valence-corrected chi connectivity index (χ4v) is 4.54. The Balaban J connectivity index is 1.58. The molecule has 160 valence electrons. The van der Waals surface area contributed by atoms with E-state index in [0.717, 1.165) is 41.7 Å². The predicted octanol–water partition coefficient (Wildman–Crippen LogP) is 2.41. The largest absolute Gasteiger partial charge is 0.373 e. The first-order valence-electron chi connectivity index (χ1n) is 10.6. The minimum absolute atomic E-state index is 0.208. The zero-order chi connectivity index (χ0) is 21.5. The van der Waals surface area contributed by atoms with Crippen LogP contribution < -0.4 is 5.69 Å². The van der Waals surface area contributed by atoms with Crippen LogP contribution >= 0.6 is 0 Å². The van der Waals surface area contributed by atoms with Crippen LogP contribution in [0.15, 0.2) is 47.7 Å². The van der Waals surface area contributed by atoms with Crippen molar-refractivity contribution in [1.29, 1.82) is 0 Å². The summed E-state index contributed by atoms with van der Waals surface area (Å²) in [4.78, 5) is 24.6. The Morgan fingerprint density at radius 3 is 2.61 bits per heavy atom. The van der Waals surface area contributed by atoms with Gasteiger partial charge in [0.15, 0.2) is 5.65 Å². The van der Waals surface area contributed by atoms with Crippen LogP contribution in [-0.4, -0.2) is 54.3 Å². The monoisotopic (exact) mass is 418 g/mol. The summed E-state index contributed by atoms with van der Waals surface area (Å²) in [6.07, 6.45) is 3.71. The van der Waals surface area contributed by atoms with Crippen molar-refractivity contribution in [1.82, 2.24) is 29.0 Å². The van der Waals surface area contributed by atoms with Crippen molar-refractivity contribution in [3.8, 4) is 0 Å². The number of ether oxygens (including phenoxy) is 1. The molecule has 0 bridgehead atoms. The van der Waals surface area contributed by atoms with E-state index in [-0.39, 0.29) is 17.9 Å². The molecule has 4 heterocycles. The summed E-state index contributed by atoms with van der Waals surface area (Å²) in [5.41, 5.74) is 4.21. The van der Waals surface area contributed by atoms with Crippen LogP contribution in [0.2, 0.25) is 0 Å². The molecule has 5 rings (SSSR count). The normalized spacial score (nSPS) is 20.0. The van der Waals surface area contributed by atoms with Crippen molar-refractivity contribution in [2.45, 2.75) is 46.1 Å². The quantitative estimate of drug-likeness (QED) is 0.507. The van der Waals surface area contributed by atoms with Crippen molar-refractivity contribution < 1.29 is 4.74 Å². The molecule has 3 aromatic heterocycles. The first kappa shape index (κ1) is 19.8. The maximum atomic E-state index is 13.1. The number of fused-ring (bicyclic) bond motifs is 3. The molecule has 0 spiro atoms. The summed E-state index contributed by atoms with van der Waals surface area (Å²) in [5, 5.41) is 5.00. The Kier molecular flexibility index (Phi) is 5.03. The Morgan fingerprint density at radius 2 is 1.84 bits per heavy atom. The average Bonchev–Trinajstić information content (AvgIpc) is 3.21. The zero-order valence-electron chi connectivity index (χ0n) is 18.0. The molecule has 31 heavy (non-hydrogen) atoms. The van der Waals surface area contributed by atoms with Gasteiger partial charge in [0.25, 0.3) is 0 Å². The minimum atomic E-state index is -0.238. The molecule has 8 nitrogen and oxygen atoms in total. The molecular weight excluding hydrogens is 392 g/mol. The molecule has 2 unspecified atom stereocenters. The van der Waals surface area contributed by atoms with Crippen molar-refractivity contribution >= 4 is 16.7 Å². The second-order valence-electron chi connectivity index (χ2n) is 8.52. The summed E-state index contributed by atoms with van der Waals surface area (Å²) in [5.74, 6) is 0. The Hall–Kier alpha value is -3.10. The summed E-state index contributed by atoms with van der Waals surface area (Å²) < 4.78 is 8.89. The van der Waals surface area contributed by atoms with Gasteiger partial charge in [0.2, 0.25) is 0 Å². The fraction of sp³-hybridized carbons (Fsp3) is 0.391. The van der Waals surface area contributed by atoms with E-state index < -0.39 is 0 Å². The lowest BCUT2D eigenvalue weighted by Crippen LogP contribution is -2.44. The molecule has 1 aromatic carbocycles. The summed E-state index contributed by atoms with van der Waals surface area (Å²) in [6, 6.07) is 10.2. The van der Waals surface area contributed by atoms with E-state index in [1.165, 1.54) is 10.8 Å². The van der Waals surface area contributed by atoms with E-state index in [9.17, 15) is 4.79 Å². The smallest absolute Gasteiger partial charge is 0.352 e. The highest BCUT2D eigenvalue weighted by molar-refractivity contribution is 5.89. The lowest BCUT2D eigenvalue weighted by molar-refractivity contribution is -0.0705. The van der Waals surface area contributed by atoms with Gasteiger partial charge in [-0.1, -0.05) is 29.8 Å². The molecule has 1 aliphatic rings. The molecule has 0 amide bonds. The first-order chi connectivity index (χ1) is 15.0. The van der Waals surface area contributed by atoms with Crippen molar-refractivity contribution in [3.05, 3.63) is 70.0 Å². The van der Waals surface area contributed by atoms with Gasteiger partial charge in [-0.25, -0.2) is 14.8 Å². The first-order valence-corrected chi connectivity index (χ1v) is 10.6. The number of hydrogen-bond acceptors (Lipinski definition) is 6. The van der Waals surface area contributed by atoms with Crippen LogP contribution in [0, 0.1) is 6.92 Å². The predicted molar refractivity (Wildman–Crippen MR) is 118 cm³/mol. The van der Waals surface area contributed by atoms with Gasteiger partial charge in [-0.15, -0.1) is 0 Å². The number of pyridine rings is 1. The maximum Gasteiger partial charge on any atom is 0.352 e. The van der Waals surface area contributed by atoms with E-state index in [4.69, 9.17) is 9.72 Å². The van der Waals surface area contributed by atoms with Crippen LogP contribution in [0.4, 0.5) is 0 Å². The van der Waals surface area contributed by atoms with Crippen LogP contribution in [0.1, 0.15) is 30.5 Å². The second-order valence-corrected chi connectivity index (χ2v) is 8.52. The molecule has 1 saturated heterocycles. The number of rotatable bonds is 4. The Bertz CT molecular complexity index is 1300. The van der Waals surface area contributed by atoms with Gasteiger partial charge >= 0.3 is 5.69 Å². The second kappa shape index (κ2) is 7.86. The van der Waals surface area contributed by atoms with Gasteiger partial charge in [0, 0.05) is 25.8 Å². The average molecular weight is 419 g/mol. The van der Waals surface area contributed by atoms with E-state index >= 15 is 0 Å². The summed E-state index contributed by atoms with van der Waals surface area (Å²) in [6.45, 7) is 9.22. The molecule has 4 aromatic rings. The number of nitrogens with zero attached hydrogens (tertiary/aromatic N) is 6. The van der Waals surface area contributed by atoms with Gasteiger partial charge < -0.3 is 4.74 Å². The third-order valence-corrected chi connectivity index (χ3v) is 5.70. The van der Waals surface area contributed by atoms with Crippen molar-refractivity contribution in [2.75, 3.05) is 13.1 Å². The number of aryl methyl sites for hydroxylation is 1. The number of benzene rings is 1. The van der Waals surface area contributed by atoms with E-state index in [0.29, 0.717) is 17.8 Å². The molecule has 1 aliphatic heterocycles. The SMILES string of the molecule is Cc1cccc(Cn2c(=O)n3ncnc3c3cc(CN4CC(C)OC(C)C4)cnc32)c1. The lowest BCUT2D eigenvalue weighted by Gasteiger charge is -2.35. The van der Waals surface area contributed by atoms with E-state index in [2.05, 4.69) is 41.0 Å². The highest BCUT2D eigenvalue weighted by Crippen LogP contribution is 2.20. The molecule has 1 fully saturated rings. The lowest BCUT2D eigenvalue weighted by atomic mass is 10.1. The Labute approximate surface area is 180 Å². The van der Waals surface area contributed by atoms with Gasteiger partial charge in [0.05, 0.1) is 24.1 Å². The third kappa shape index (κ3) is 3.84. The topological polar surface area (TPSA) is 77.5 Å². The maximum absolute atomic E-state index is 13.1. The third-order valence-electron chi connectivity index (χ3n) is 5.70. The van der Waals surface area contributed by atoms with Crippen LogP contribution in [0.5, 0.6) is 0 Å². The minimum Gasteiger partial charge on any atom is -0.373 e. The zero-order valence-corrected chi connectivity index (χ0v) is 18.0. The molecule has 8 heteroatoms. The van der Waals surface area contributed by atoms with Crippen LogP contribution in [-0.2, 0) is 17.8 Å². The molecule has 0 aliphatic carbocycles. The number of aromatic nitrogens is 5. The van der Waals surface area contributed by atoms with Crippen molar-refractivity contribution in [3.63, 3.8) is 0 Å². The molecule has 0 N–H and O–H groups in total. The van der Waals surface area contributed by atoms with Gasteiger partial charge in [-0.2, -0.15) is 9.61 Å². The highest BCUT2D eigenvalue weighted by atomic mass is 16.5. The van der Waals surface area contributed by atoms with Gasteiger partial charge in [-0.05, 0) is 38.0 Å². The van der Waals surface area contributed by atoms with Gasteiger partial charge in [-0.3, -0.25) is 9.47 Å². The highest BCUT2D eigenvalue weighted by Gasteiger charge is 2.23. The fourth-order valence-electron chi connectivity index (χ4n) is 4.54. The summed E-state index contributed by atoms with van der Waals surface area (Å²) >= 11 is 0. The van der Waals surface area contributed by atoms with Crippen LogP contribution in [0.25, 0.3) is 16.7 Å². The molecule has 2 atom stereocenters. The van der Waals surface area contributed by atoms with Crippen molar-refractivity contribution in [2.24, 2.45) is 0 Å². The molecular formula is C23H26N6O2. The number of hydrogen-bond donors (Lipinski definition) is 0. The Morgan fingerprint density at radius 1 is 1.03 bits per heavy atom. The molecule has 0 radical (unpaired) electrons. The van der Waals surface area contributed by atoms with E-state index in [1.807, 2.05) is 31.3 Å².